The van der Waals surface area contributed by atoms with Gasteiger partial charge in [0.15, 0.2) is 0 Å². The number of alkyl halides is 2. The van der Waals surface area contributed by atoms with Gasteiger partial charge >= 0.3 is 0 Å². The molecule has 2 aromatic heterocycles. The SMILES string of the molecule is FC(F)c1cn(Cc2ncc(Cl)cn2)c(-c2ccc(Cl)cc2)n1. The number of aromatic nitrogens is 4. The van der Waals surface area contributed by atoms with E-state index < -0.39 is 6.43 Å². The van der Waals surface area contributed by atoms with Gasteiger partial charge < -0.3 is 4.57 Å². The fraction of sp³-hybridized carbons (Fsp3) is 0.133. The highest BCUT2D eigenvalue weighted by atomic mass is 35.5. The molecule has 8 heteroatoms. The maximum atomic E-state index is 13.0. The minimum Gasteiger partial charge on any atom is -0.323 e. The molecule has 2 heterocycles. The lowest BCUT2D eigenvalue weighted by molar-refractivity contribution is 0.146. The van der Waals surface area contributed by atoms with Crippen LogP contribution < -0.4 is 0 Å². The molecule has 0 saturated heterocycles. The highest BCUT2D eigenvalue weighted by Gasteiger charge is 2.17. The van der Waals surface area contributed by atoms with Crippen molar-refractivity contribution < 1.29 is 8.78 Å². The molecular weight excluding hydrogens is 345 g/mol. The van der Waals surface area contributed by atoms with Crippen LogP contribution in [0, 0.1) is 0 Å². The van der Waals surface area contributed by atoms with E-state index in [1.807, 2.05) is 0 Å². The molecule has 0 radical (unpaired) electrons. The molecule has 0 aliphatic heterocycles. The van der Waals surface area contributed by atoms with Gasteiger partial charge in [-0.05, 0) is 24.3 Å². The van der Waals surface area contributed by atoms with E-state index >= 15 is 0 Å². The highest BCUT2D eigenvalue weighted by molar-refractivity contribution is 6.30. The summed E-state index contributed by atoms with van der Waals surface area (Å²) in [6, 6.07) is 6.80. The van der Waals surface area contributed by atoms with E-state index in [0.717, 1.165) is 0 Å². The number of benzene rings is 1. The summed E-state index contributed by atoms with van der Waals surface area (Å²) in [5.74, 6) is 0.846. The summed E-state index contributed by atoms with van der Waals surface area (Å²) in [6.07, 6.45) is 1.55. The largest absolute Gasteiger partial charge is 0.323 e. The minimum atomic E-state index is -2.66. The molecule has 0 aliphatic carbocycles. The third-order valence-electron chi connectivity index (χ3n) is 3.11. The smallest absolute Gasteiger partial charge is 0.281 e. The van der Waals surface area contributed by atoms with Crippen molar-refractivity contribution in [3.05, 3.63) is 64.4 Å². The van der Waals surface area contributed by atoms with Crippen LogP contribution in [0.25, 0.3) is 11.4 Å². The predicted molar refractivity (Wildman–Crippen MR) is 83.8 cm³/mol. The number of hydrogen-bond donors (Lipinski definition) is 0. The zero-order valence-electron chi connectivity index (χ0n) is 11.6. The van der Waals surface area contributed by atoms with Gasteiger partial charge in [-0.1, -0.05) is 23.2 Å². The van der Waals surface area contributed by atoms with Crippen molar-refractivity contribution in [3.8, 4) is 11.4 Å². The highest BCUT2D eigenvalue weighted by Crippen LogP contribution is 2.26. The monoisotopic (exact) mass is 354 g/mol. The average Bonchev–Trinajstić information content (AvgIpc) is 2.94. The van der Waals surface area contributed by atoms with E-state index in [-0.39, 0.29) is 12.2 Å². The Hall–Kier alpha value is -2.05. The van der Waals surface area contributed by atoms with Crippen LogP contribution in [-0.4, -0.2) is 19.5 Å². The summed E-state index contributed by atoms with van der Waals surface area (Å²) >= 11 is 11.6. The van der Waals surface area contributed by atoms with Crippen molar-refractivity contribution in [2.75, 3.05) is 0 Å². The van der Waals surface area contributed by atoms with E-state index in [2.05, 4.69) is 15.0 Å². The van der Waals surface area contributed by atoms with Crippen LogP contribution in [0.2, 0.25) is 10.0 Å². The molecule has 0 saturated carbocycles. The Balaban J connectivity index is 2.00. The summed E-state index contributed by atoms with van der Waals surface area (Å²) < 4.78 is 27.5. The fourth-order valence-electron chi connectivity index (χ4n) is 2.06. The van der Waals surface area contributed by atoms with E-state index in [0.29, 0.717) is 27.3 Å². The van der Waals surface area contributed by atoms with Gasteiger partial charge in [0, 0.05) is 29.2 Å². The number of halogens is 4. The molecule has 3 aromatic rings. The van der Waals surface area contributed by atoms with Gasteiger partial charge in [-0.25, -0.2) is 23.7 Å². The van der Waals surface area contributed by atoms with Crippen LogP contribution in [0.5, 0.6) is 0 Å². The van der Waals surface area contributed by atoms with Crippen LogP contribution >= 0.6 is 23.2 Å². The van der Waals surface area contributed by atoms with Gasteiger partial charge in [-0.2, -0.15) is 0 Å². The maximum absolute atomic E-state index is 13.0. The van der Waals surface area contributed by atoms with Crippen LogP contribution in [-0.2, 0) is 6.54 Å². The van der Waals surface area contributed by atoms with Crippen LogP contribution in [0.3, 0.4) is 0 Å². The molecule has 0 unspecified atom stereocenters. The quantitative estimate of drug-likeness (QED) is 0.685. The normalized spacial score (nSPS) is 11.2. The average molecular weight is 355 g/mol. The predicted octanol–water partition coefficient (Wildman–Crippen LogP) is 4.63. The van der Waals surface area contributed by atoms with Crippen molar-refractivity contribution in [3.63, 3.8) is 0 Å². The molecule has 0 fully saturated rings. The summed E-state index contributed by atoms with van der Waals surface area (Å²) in [5, 5.41) is 0.965. The zero-order chi connectivity index (χ0) is 16.4. The van der Waals surface area contributed by atoms with Gasteiger partial charge in [0.05, 0.1) is 11.6 Å². The molecule has 0 spiro atoms. The Morgan fingerprint density at radius 3 is 2.26 bits per heavy atom. The molecular formula is C15H10Cl2F2N4. The molecule has 3 rings (SSSR count). The molecule has 118 valence electrons. The zero-order valence-corrected chi connectivity index (χ0v) is 13.1. The van der Waals surface area contributed by atoms with E-state index in [1.165, 1.54) is 18.6 Å². The minimum absolute atomic E-state index is 0.203. The second-order valence-electron chi connectivity index (χ2n) is 4.74. The first kappa shape index (κ1) is 15.8. The van der Waals surface area contributed by atoms with Gasteiger partial charge in [0.25, 0.3) is 6.43 Å². The van der Waals surface area contributed by atoms with Gasteiger partial charge in [0.2, 0.25) is 0 Å². The van der Waals surface area contributed by atoms with Crippen LogP contribution in [0.1, 0.15) is 17.9 Å². The second-order valence-corrected chi connectivity index (χ2v) is 5.62. The fourth-order valence-corrected chi connectivity index (χ4v) is 2.29. The van der Waals surface area contributed by atoms with Crippen molar-refractivity contribution >= 4 is 23.2 Å². The lowest BCUT2D eigenvalue weighted by Crippen LogP contribution is -2.04. The Morgan fingerprint density at radius 2 is 1.65 bits per heavy atom. The summed E-state index contributed by atoms with van der Waals surface area (Å²) in [6.45, 7) is 0.203. The van der Waals surface area contributed by atoms with E-state index in [4.69, 9.17) is 23.2 Å². The third-order valence-corrected chi connectivity index (χ3v) is 3.55. The molecule has 0 N–H and O–H groups in total. The van der Waals surface area contributed by atoms with E-state index in [1.54, 1.807) is 28.8 Å². The molecule has 1 aromatic carbocycles. The molecule has 4 nitrogen and oxygen atoms in total. The second kappa shape index (κ2) is 6.60. The number of hydrogen-bond acceptors (Lipinski definition) is 3. The first-order valence-corrected chi connectivity index (χ1v) is 7.36. The van der Waals surface area contributed by atoms with Crippen molar-refractivity contribution in [1.29, 1.82) is 0 Å². The summed E-state index contributed by atoms with van der Waals surface area (Å²) in [5.41, 5.74) is 0.374. The van der Waals surface area contributed by atoms with Gasteiger partial charge in [0.1, 0.15) is 17.3 Å². The molecule has 0 amide bonds. The first-order valence-electron chi connectivity index (χ1n) is 6.60. The van der Waals surface area contributed by atoms with Crippen molar-refractivity contribution in [1.82, 2.24) is 19.5 Å². The van der Waals surface area contributed by atoms with E-state index in [9.17, 15) is 8.78 Å². The van der Waals surface area contributed by atoms with Crippen molar-refractivity contribution in [2.24, 2.45) is 0 Å². The summed E-state index contributed by atoms with van der Waals surface area (Å²) in [4.78, 5) is 12.2. The Bertz CT molecular complexity index is 801. The number of rotatable bonds is 4. The molecule has 23 heavy (non-hydrogen) atoms. The first-order chi connectivity index (χ1) is 11.0. The Morgan fingerprint density at radius 1 is 1.00 bits per heavy atom. The molecule has 0 atom stereocenters. The molecule has 0 bridgehead atoms. The topological polar surface area (TPSA) is 43.6 Å². The number of imidazole rings is 1. The Kier molecular flexibility index (Phi) is 4.54. The Labute approximate surface area is 140 Å². The van der Waals surface area contributed by atoms with Crippen LogP contribution in [0.4, 0.5) is 8.78 Å². The molecule has 0 aliphatic rings. The van der Waals surface area contributed by atoms with Crippen molar-refractivity contribution in [2.45, 2.75) is 13.0 Å². The standard InChI is InChI=1S/C15H10Cl2F2N4/c16-10-3-1-9(2-4-10)15-22-12(14(18)19)7-23(15)8-13-20-5-11(17)6-21-13/h1-7,14H,8H2. The van der Waals surface area contributed by atoms with Gasteiger partial charge in [-0.3, -0.25) is 0 Å². The van der Waals surface area contributed by atoms with Gasteiger partial charge in [-0.15, -0.1) is 0 Å². The lowest BCUT2D eigenvalue weighted by atomic mass is 10.2. The third kappa shape index (κ3) is 3.65. The number of nitrogens with zero attached hydrogens (tertiary/aromatic N) is 4. The summed E-state index contributed by atoms with van der Waals surface area (Å²) in [7, 11) is 0. The lowest BCUT2D eigenvalue weighted by Gasteiger charge is -2.07. The maximum Gasteiger partial charge on any atom is 0.281 e. The van der Waals surface area contributed by atoms with Crippen LogP contribution in [0.15, 0.2) is 42.9 Å².